The Balaban J connectivity index is 1.70. The fourth-order valence-corrected chi connectivity index (χ4v) is 4.73. The summed E-state index contributed by atoms with van der Waals surface area (Å²) in [5.74, 6) is -0.760. The summed E-state index contributed by atoms with van der Waals surface area (Å²) in [5, 5.41) is 19.1. The first-order valence-corrected chi connectivity index (χ1v) is 10.9. The summed E-state index contributed by atoms with van der Waals surface area (Å²) in [6, 6.07) is 10.6. The number of amides is 1. The van der Waals surface area contributed by atoms with Crippen molar-refractivity contribution in [1.82, 2.24) is 9.21 Å². The number of piperazine rings is 1. The van der Waals surface area contributed by atoms with Crippen LogP contribution in [-0.4, -0.2) is 59.9 Å². The van der Waals surface area contributed by atoms with Gasteiger partial charge in [-0.05, 0) is 35.2 Å². The molecule has 0 aromatic heterocycles. The maximum absolute atomic E-state index is 12.9. The molecule has 2 N–H and O–H groups in total. The molecule has 0 spiro atoms. The van der Waals surface area contributed by atoms with Crippen molar-refractivity contribution in [3.05, 3.63) is 53.6 Å². The Morgan fingerprint density at radius 2 is 1.41 bits per heavy atom. The summed E-state index contributed by atoms with van der Waals surface area (Å²) in [4.78, 5) is 14.4. The molecule has 0 atom stereocenters. The molecule has 0 saturated carbocycles. The summed E-state index contributed by atoms with van der Waals surface area (Å²) < 4.78 is 27.3. The number of hydrogen-bond donors (Lipinski definition) is 2. The lowest BCUT2D eigenvalue weighted by Crippen LogP contribution is -2.50. The summed E-state index contributed by atoms with van der Waals surface area (Å²) in [6.45, 7) is 7.03. The number of benzene rings is 2. The van der Waals surface area contributed by atoms with Gasteiger partial charge in [-0.3, -0.25) is 4.79 Å². The van der Waals surface area contributed by atoms with Crippen molar-refractivity contribution in [2.45, 2.75) is 31.1 Å². The Morgan fingerprint density at radius 3 is 1.90 bits per heavy atom. The molecule has 1 aliphatic heterocycles. The van der Waals surface area contributed by atoms with Crippen molar-refractivity contribution in [3.63, 3.8) is 0 Å². The average Bonchev–Trinajstić information content (AvgIpc) is 2.66. The minimum atomic E-state index is -3.64. The van der Waals surface area contributed by atoms with Crippen molar-refractivity contribution < 1.29 is 23.4 Å². The second-order valence-corrected chi connectivity index (χ2v) is 10.1. The summed E-state index contributed by atoms with van der Waals surface area (Å²) in [5.41, 5.74) is 1.16. The van der Waals surface area contributed by atoms with Crippen LogP contribution in [0.5, 0.6) is 11.5 Å². The van der Waals surface area contributed by atoms with Crippen molar-refractivity contribution in [3.8, 4) is 11.5 Å². The number of carbonyl (C=O) groups excluding carboxylic acids is 1. The van der Waals surface area contributed by atoms with Crippen molar-refractivity contribution in [2.24, 2.45) is 0 Å². The lowest BCUT2D eigenvalue weighted by Gasteiger charge is -2.34. The van der Waals surface area contributed by atoms with E-state index in [1.54, 1.807) is 12.1 Å². The van der Waals surface area contributed by atoms with Gasteiger partial charge in [-0.15, -0.1) is 0 Å². The summed E-state index contributed by atoms with van der Waals surface area (Å²) in [6.07, 6.45) is 0. The highest BCUT2D eigenvalue weighted by Gasteiger charge is 2.31. The molecule has 1 heterocycles. The normalized spacial score (nSPS) is 16.0. The van der Waals surface area contributed by atoms with Crippen LogP contribution in [0.3, 0.4) is 0 Å². The van der Waals surface area contributed by atoms with Gasteiger partial charge in [-0.1, -0.05) is 32.9 Å². The number of hydrogen-bond acceptors (Lipinski definition) is 5. The van der Waals surface area contributed by atoms with Gasteiger partial charge in [0, 0.05) is 37.8 Å². The van der Waals surface area contributed by atoms with Gasteiger partial charge in [-0.2, -0.15) is 4.31 Å². The van der Waals surface area contributed by atoms with Crippen molar-refractivity contribution >= 4 is 15.9 Å². The number of carbonyl (C=O) groups is 1. The molecule has 0 radical (unpaired) electrons. The van der Waals surface area contributed by atoms with Gasteiger partial charge in [0.1, 0.15) is 11.5 Å². The Morgan fingerprint density at radius 1 is 0.897 bits per heavy atom. The minimum absolute atomic E-state index is 0.0609. The lowest BCUT2D eigenvalue weighted by atomic mass is 9.87. The van der Waals surface area contributed by atoms with E-state index in [4.69, 9.17) is 0 Å². The Labute approximate surface area is 171 Å². The van der Waals surface area contributed by atoms with Crippen LogP contribution in [0.1, 0.15) is 36.7 Å². The average molecular weight is 419 g/mol. The summed E-state index contributed by atoms with van der Waals surface area (Å²) in [7, 11) is -3.64. The molecule has 29 heavy (non-hydrogen) atoms. The first-order valence-electron chi connectivity index (χ1n) is 9.41. The van der Waals surface area contributed by atoms with Crippen LogP contribution >= 0.6 is 0 Å². The largest absolute Gasteiger partial charge is 0.508 e. The number of rotatable bonds is 3. The predicted octanol–water partition coefficient (Wildman–Crippen LogP) is 2.54. The zero-order chi connectivity index (χ0) is 21.4. The zero-order valence-corrected chi connectivity index (χ0v) is 17.6. The first-order chi connectivity index (χ1) is 13.5. The molecule has 1 fully saturated rings. The minimum Gasteiger partial charge on any atom is -0.508 e. The molecule has 0 bridgehead atoms. The van der Waals surface area contributed by atoms with Gasteiger partial charge < -0.3 is 15.1 Å². The third-order valence-corrected chi connectivity index (χ3v) is 6.95. The molecule has 0 unspecified atom stereocenters. The Kier molecular flexibility index (Phi) is 5.60. The Bertz CT molecular complexity index is 982. The highest BCUT2D eigenvalue weighted by Crippen LogP contribution is 2.26. The number of phenolic OH excluding ortho intramolecular Hbond substituents is 2. The number of sulfonamides is 1. The van der Waals surface area contributed by atoms with Gasteiger partial charge >= 0.3 is 0 Å². The van der Waals surface area contributed by atoms with E-state index in [9.17, 15) is 23.4 Å². The molecule has 0 aliphatic carbocycles. The molecule has 1 saturated heterocycles. The van der Waals surface area contributed by atoms with Crippen LogP contribution in [0.2, 0.25) is 0 Å². The van der Waals surface area contributed by atoms with Crippen LogP contribution in [0.15, 0.2) is 47.4 Å². The van der Waals surface area contributed by atoms with Crippen LogP contribution in [-0.2, 0) is 15.4 Å². The van der Waals surface area contributed by atoms with E-state index in [0.29, 0.717) is 0 Å². The number of aromatic hydroxyl groups is 2. The topological polar surface area (TPSA) is 98.2 Å². The maximum atomic E-state index is 12.9. The van der Waals surface area contributed by atoms with E-state index in [0.717, 1.165) is 11.6 Å². The SMILES string of the molecule is CC(C)(C)c1ccc(S(=O)(=O)N2CCN(C(=O)c3cc(O)cc(O)c3)CC2)cc1. The highest BCUT2D eigenvalue weighted by atomic mass is 32.2. The molecule has 2 aromatic rings. The standard InChI is InChI=1S/C21H26N2O5S/c1-21(2,3)16-4-6-19(7-5-16)29(27,28)23-10-8-22(9-11-23)20(26)15-12-17(24)14-18(25)13-15/h4-7,12-14,24-25H,8-11H2,1-3H3. The second kappa shape index (κ2) is 7.68. The van der Waals surface area contributed by atoms with Crippen LogP contribution in [0.25, 0.3) is 0 Å². The van der Waals surface area contributed by atoms with Gasteiger partial charge in [0.05, 0.1) is 4.90 Å². The molecular weight excluding hydrogens is 392 g/mol. The lowest BCUT2D eigenvalue weighted by molar-refractivity contribution is 0.0697. The van der Waals surface area contributed by atoms with Crippen molar-refractivity contribution in [1.29, 1.82) is 0 Å². The van der Waals surface area contributed by atoms with E-state index >= 15 is 0 Å². The molecule has 1 amide bonds. The number of phenols is 2. The van der Waals surface area contributed by atoms with E-state index in [1.165, 1.54) is 21.3 Å². The zero-order valence-electron chi connectivity index (χ0n) is 16.8. The molecule has 2 aromatic carbocycles. The maximum Gasteiger partial charge on any atom is 0.254 e. The van der Waals surface area contributed by atoms with E-state index in [-0.39, 0.29) is 59.5 Å². The molecule has 1 aliphatic rings. The molecule has 7 nitrogen and oxygen atoms in total. The van der Waals surface area contributed by atoms with Gasteiger partial charge in [0.15, 0.2) is 0 Å². The van der Waals surface area contributed by atoms with Gasteiger partial charge in [0.25, 0.3) is 5.91 Å². The first kappa shape index (κ1) is 21.1. The molecule has 8 heteroatoms. The van der Waals surface area contributed by atoms with Crippen LogP contribution in [0.4, 0.5) is 0 Å². The van der Waals surface area contributed by atoms with Gasteiger partial charge in [0.2, 0.25) is 10.0 Å². The van der Waals surface area contributed by atoms with E-state index < -0.39 is 10.0 Å². The smallest absolute Gasteiger partial charge is 0.254 e. The third-order valence-electron chi connectivity index (χ3n) is 5.03. The van der Waals surface area contributed by atoms with Crippen molar-refractivity contribution in [2.75, 3.05) is 26.2 Å². The monoisotopic (exact) mass is 418 g/mol. The Hall–Kier alpha value is -2.58. The molecular formula is C21H26N2O5S. The molecule has 156 valence electrons. The molecule has 3 rings (SSSR count). The highest BCUT2D eigenvalue weighted by molar-refractivity contribution is 7.89. The summed E-state index contributed by atoms with van der Waals surface area (Å²) >= 11 is 0. The van der Waals surface area contributed by atoms with Crippen LogP contribution in [0, 0.1) is 0 Å². The van der Waals surface area contributed by atoms with Crippen LogP contribution < -0.4 is 0 Å². The predicted molar refractivity (Wildman–Crippen MR) is 110 cm³/mol. The second-order valence-electron chi connectivity index (χ2n) is 8.21. The van der Waals surface area contributed by atoms with E-state index in [2.05, 4.69) is 20.8 Å². The fraction of sp³-hybridized carbons (Fsp3) is 0.381. The van der Waals surface area contributed by atoms with Gasteiger partial charge in [-0.25, -0.2) is 8.42 Å². The fourth-order valence-electron chi connectivity index (χ4n) is 3.31. The van der Waals surface area contributed by atoms with E-state index in [1.807, 2.05) is 12.1 Å². The number of nitrogens with zero attached hydrogens (tertiary/aromatic N) is 2. The quantitative estimate of drug-likeness (QED) is 0.798. The third kappa shape index (κ3) is 4.54.